The van der Waals surface area contributed by atoms with E-state index in [1.165, 1.54) is 0 Å². The van der Waals surface area contributed by atoms with Gasteiger partial charge in [-0.25, -0.2) is 0 Å². The molecule has 0 radical (unpaired) electrons. The second-order valence-corrected chi connectivity index (χ2v) is 5.15. The van der Waals surface area contributed by atoms with Crippen molar-refractivity contribution in [1.82, 2.24) is 10.5 Å². The van der Waals surface area contributed by atoms with Crippen LogP contribution in [-0.2, 0) is 0 Å². The molecule has 0 saturated heterocycles. The zero-order valence-electron chi connectivity index (χ0n) is 12.8. The van der Waals surface area contributed by atoms with Crippen LogP contribution in [0.4, 0.5) is 5.69 Å². The lowest BCUT2D eigenvalue weighted by Gasteiger charge is -2.11. The molecule has 1 aromatic heterocycles. The van der Waals surface area contributed by atoms with Crippen molar-refractivity contribution in [3.8, 4) is 0 Å². The number of carbonyl (C=O) groups is 2. The first kappa shape index (κ1) is 15.8. The highest BCUT2D eigenvalue weighted by Gasteiger charge is 2.12. The maximum Gasteiger partial charge on any atom is 0.294 e. The highest BCUT2D eigenvalue weighted by molar-refractivity contribution is 6.02. The van der Waals surface area contributed by atoms with Gasteiger partial charge in [-0.2, -0.15) is 0 Å². The molecule has 22 heavy (non-hydrogen) atoms. The zero-order chi connectivity index (χ0) is 16.1. The zero-order valence-corrected chi connectivity index (χ0v) is 12.8. The van der Waals surface area contributed by atoms with E-state index in [-0.39, 0.29) is 23.6 Å². The Bertz CT molecular complexity index is 662. The van der Waals surface area contributed by atoms with Crippen LogP contribution in [0.3, 0.4) is 0 Å². The predicted octanol–water partition coefficient (Wildman–Crippen LogP) is 2.76. The van der Waals surface area contributed by atoms with E-state index in [2.05, 4.69) is 15.8 Å². The number of benzene rings is 1. The van der Waals surface area contributed by atoms with Gasteiger partial charge in [0.25, 0.3) is 11.8 Å². The standard InChI is InChI=1S/C16H19N3O3/c1-4-10(2)17-15(20)12-5-7-13(8-6-12)18-16(21)14-9-11(3)19-22-14/h5-10H,4H2,1-3H3,(H,17,20)(H,18,21). The van der Waals surface area contributed by atoms with E-state index < -0.39 is 0 Å². The predicted molar refractivity (Wildman–Crippen MR) is 82.9 cm³/mol. The van der Waals surface area contributed by atoms with Crippen LogP contribution in [0.15, 0.2) is 34.9 Å². The second-order valence-electron chi connectivity index (χ2n) is 5.15. The molecule has 2 rings (SSSR count). The summed E-state index contributed by atoms with van der Waals surface area (Å²) in [4.78, 5) is 23.9. The molecule has 2 amide bonds. The van der Waals surface area contributed by atoms with Crippen molar-refractivity contribution >= 4 is 17.5 Å². The van der Waals surface area contributed by atoms with Crippen LogP contribution in [-0.4, -0.2) is 23.0 Å². The molecule has 0 fully saturated rings. The molecule has 6 nitrogen and oxygen atoms in total. The van der Waals surface area contributed by atoms with Crippen molar-refractivity contribution in [3.05, 3.63) is 47.3 Å². The van der Waals surface area contributed by atoms with Gasteiger partial charge < -0.3 is 15.2 Å². The number of hydrogen-bond acceptors (Lipinski definition) is 4. The maximum atomic E-state index is 12.0. The molecular weight excluding hydrogens is 282 g/mol. The molecular formula is C16H19N3O3. The van der Waals surface area contributed by atoms with Crippen LogP contribution in [0, 0.1) is 6.92 Å². The average Bonchev–Trinajstić information content (AvgIpc) is 2.94. The molecule has 116 valence electrons. The molecule has 0 aliphatic heterocycles. The van der Waals surface area contributed by atoms with Crippen molar-refractivity contribution in [1.29, 1.82) is 0 Å². The summed E-state index contributed by atoms with van der Waals surface area (Å²) in [6.07, 6.45) is 0.872. The second kappa shape index (κ2) is 6.89. The Morgan fingerprint density at radius 3 is 2.45 bits per heavy atom. The monoisotopic (exact) mass is 301 g/mol. The Kier molecular flexibility index (Phi) is 4.93. The minimum atomic E-state index is -0.377. The number of nitrogens with one attached hydrogen (secondary N) is 2. The van der Waals surface area contributed by atoms with Gasteiger partial charge in [0.05, 0.1) is 5.69 Å². The third-order valence-corrected chi connectivity index (χ3v) is 3.25. The first-order chi connectivity index (χ1) is 10.5. The van der Waals surface area contributed by atoms with E-state index in [0.29, 0.717) is 16.9 Å². The molecule has 0 aliphatic carbocycles. The first-order valence-electron chi connectivity index (χ1n) is 7.15. The third-order valence-electron chi connectivity index (χ3n) is 3.25. The number of carbonyl (C=O) groups excluding carboxylic acids is 2. The average molecular weight is 301 g/mol. The third kappa shape index (κ3) is 3.94. The molecule has 0 aliphatic rings. The molecule has 2 aromatic rings. The normalized spacial score (nSPS) is 11.8. The van der Waals surface area contributed by atoms with E-state index in [1.54, 1.807) is 37.3 Å². The minimum Gasteiger partial charge on any atom is -0.351 e. The summed E-state index contributed by atoms with van der Waals surface area (Å²) >= 11 is 0. The first-order valence-corrected chi connectivity index (χ1v) is 7.15. The Hall–Kier alpha value is -2.63. The highest BCUT2D eigenvalue weighted by atomic mass is 16.5. The Balaban J connectivity index is 2.00. The van der Waals surface area contributed by atoms with Crippen LogP contribution in [0.2, 0.25) is 0 Å². The summed E-state index contributed by atoms with van der Waals surface area (Å²) in [6, 6.07) is 8.36. The van der Waals surface area contributed by atoms with Crippen LogP contribution in [0.25, 0.3) is 0 Å². The van der Waals surface area contributed by atoms with Crippen LogP contribution < -0.4 is 10.6 Å². The molecule has 0 bridgehead atoms. The molecule has 1 unspecified atom stereocenters. The maximum absolute atomic E-state index is 12.0. The molecule has 1 aromatic carbocycles. The molecule has 1 heterocycles. The fourth-order valence-corrected chi connectivity index (χ4v) is 1.78. The van der Waals surface area contributed by atoms with Crippen molar-refractivity contribution in [2.24, 2.45) is 0 Å². The summed E-state index contributed by atoms with van der Waals surface area (Å²) in [6.45, 7) is 5.70. The van der Waals surface area contributed by atoms with Gasteiger partial charge in [0.2, 0.25) is 5.76 Å². The summed E-state index contributed by atoms with van der Waals surface area (Å²) < 4.78 is 4.89. The van der Waals surface area contributed by atoms with Crippen molar-refractivity contribution in [2.75, 3.05) is 5.32 Å². The summed E-state index contributed by atoms with van der Waals surface area (Å²) in [7, 11) is 0. The Labute approximate surface area is 128 Å². The van der Waals surface area contributed by atoms with E-state index >= 15 is 0 Å². The number of nitrogens with zero attached hydrogens (tertiary/aromatic N) is 1. The van der Waals surface area contributed by atoms with Gasteiger partial charge in [0, 0.05) is 23.4 Å². The topological polar surface area (TPSA) is 84.2 Å². The molecule has 0 saturated carbocycles. The molecule has 2 N–H and O–H groups in total. The summed E-state index contributed by atoms with van der Waals surface area (Å²) in [5.41, 5.74) is 1.77. The Morgan fingerprint density at radius 2 is 1.91 bits per heavy atom. The molecule has 1 atom stereocenters. The molecule has 6 heteroatoms. The van der Waals surface area contributed by atoms with Crippen LogP contribution in [0.5, 0.6) is 0 Å². The number of amides is 2. The summed E-state index contributed by atoms with van der Waals surface area (Å²) in [5, 5.41) is 9.23. The molecule has 0 spiro atoms. The highest BCUT2D eigenvalue weighted by Crippen LogP contribution is 2.12. The van der Waals surface area contributed by atoms with Crippen LogP contribution in [0.1, 0.15) is 46.9 Å². The fourth-order valence-electron chi connectivity index (χ4n) is 1.78. The van der Waals surface area contributed by atoms with Gasteiger partial charge >= 0.3 is 0 Å². The quantitative estimate of drug-likeness (QED) is 0.889. The van der Waals surface area contributed by atoms with Gasteiger partial charge in [-0.15, -0.1) is 0 Å². The SMILES string of the molecule is CCC(C)NC(=O)c1ccc(NC(=O)c2cc(C)no2)cc1. The van der Waals surface area contributed by atoms with Crippen LogP contribution >= 0.6 is 0 Å². The van der Waals surface area contributed by atoms with Gasteiger partial charge in [-0.05, 0) is 44.5 Å². The fraction of sp³-hybridized carbons (Fsp3) is 0.312. The lowest BCUT2D eigenvalue weighted by Crippen LogP contribution is -2.31. The number of aryl methyl sites for hydroxylation is 1. The number of rotatable bonds is 5. The van der Waals surface area contributed by atoms with E-state index in [1.807, 2.05) is 13.8 Å². The van der Waals surface area contributed by atoms with Gasteiger partial charge in [0.1, 0.15) is 0 Å². The minimum absolute atomic E-state index is 0.126. The van der Waals surface area contributed by atoms with Crippen molar-refractivity contribution < 1.29 is 14.1 Å². The van der Waals surface area contributed by atoms with Gasteiger partial charge in [-0.3, -0.25) is 9.59 Å². The summed E-state index contributed by atoms with van der Waals surface area (Å²) in [5.74, 6) is -0.355. The van der Waals surface area contributed by atoms with E-state index in [0.717, 1.165) is 6.42 Å². The van der Waals surface area contributed by atoms with Crippen molar-refractivity contribution in [3.63, 3.8) is 0 Å². The number of hydrogen-bond donors (Lipinski definition) is 2. The van der Waals surface area contributed by atoms with E-state index in [9.17, 15) is 9.59 Å². The van der Waals surface area contributed by atoms with Gasteiger partial charge in [0.15, 0.2) is 0 Å². The lowest BCUT2D eigenvalue weighted by atomic mass is 10.1. The number of aromatic nitrogens is 1. The Morgan fingerprint density at radius 1 is 1.23 bits per heavy atom. The smallest absolute Gasteiger partial charge is 0.294 e. The largest absolute Gasteiger partial charge is 0.351 e. The van der Waals surface area contributed by atoms with Gasteiger partial charge in [-0.1, -0.05) is 12.1 Å². The number of anilines is 1. The van der Waals surface area contributed by atoms with E-state index in [4.69, 9.17) is 4.52 Å². The van der Waals surface area contributed by atoms with Crippen molar-refractivity contribution in [2.45, 2.75) is 33.2 Å². The lowest BCUT2D eigenvalue weighted by molar-refractivity contribution is 0.0938.